The standard InChI is InChI=1S/C16H19NO3S/c1-2-3-6-12-7-4-5-8-13(12)11-14-15(19)17(9-10-18)16(21)20-14/h4-5,7-8,11,18H,2-3,6,9-10H2,1H3/b14-11+. The fraction of sp³-hybridized carbons (Fsp3) is 0.375. The van der Waals surface area contributed by atoms with E-state index in [9.17, 15) is 4.79 Å². The first-order valence-corrected chi connectivity index (χ1v) is 7.52. The molecule has 0 aromatic heterocycles. The molecule has 0 spiro atoms. The number of amides is 1. The van der Waals surface area contributed by atoms with Crippen molar-refractivity contribution in [3.63, 3.8) is 0 Å². The number of β-amino-alcohol motifs (C(OH)–C–C–N with tert-alkyl or cyclic N) is 1. The molecular formula is C16H19NO3S. The summed E-state index contributed by atoms with van der Waals surface area (Å²) in [5.74, 6) is -0.0725. The highest BCUT2D eigenvalue weighted by Crippen LogP contribution is 2.22. The highest BCUT2D eigenvalue weighted by atomic mass is 32.1. The molecule has 1 amide bonds. The highest BCUT2D eigenvalue weighted by Gasteiger charge is 2.32. The van der Waals surface area contributed by atoms with Gasteiger partial charge in [0.15, 0.2) is 5.76 Å². The van der Waals surface area contributed by atoms with Gasteiger partial charge in [-0.1, -0.05) is 37.6 Å². The summed E-state index contributed by atoms with van der Waals surface area (Å²) >= 11 is 5.01. The molecule has 1 saturated heterocycles. The molecule has 1 fully saturated rings. The maximum atomic E-state index is 12.2. The third kappa shape index (κ3) is 3.68. The molecule has 0 atom stereocenters. The molecule has 0 unspecified atom stereocenters. The van der Waals surface area contributed by atoms with E-state index in [0.29, 0.717) is 0 Å². The van der Waals surface area contributed by atoms with Crippen molar-refractivity contribution < 1.29 is 14.6 Å². The molecule has 2 rings (SSSR count). The monoisotopic (exact) mass is 305 g/mol. The lowest BCUT2D eigenvalue weighted by Crippen LogP contribution is -2.31. The van der Waals surface area contributed by atoms with Gasteiger partial charge in [-0.05, 0) is 42.3 Å². The zero-order valence-corrected chi connectivity index (χ0v) is 12.9. The van der Waals surface area contributed by atoms with Gasteiger partial charge in [0.1, 0.15) is 0 Å². The molecule has 1 heterocycles. The summed E-state index contributed by atoms with van der Waals surface area (Å²) in [6, 6.07) is 7.95. The van der Waals surface area contributed by atoms with Crippen LogP contribution in [0.15, 0.2) is 30.0 Å². The molecule has 21 heavy (non-hydrogen) atoms. The summed E-state index contributed by atoms with van der Waals surface area (Å²) in [6.07, 6.45) is 4.92. The van der Waals surface area contributed by atoms with Gasteiger partial charge in [0, 0.05) is 0 Å². The lowest BCUT2D eigenvalue weighted by atomic mass is 10.0. The Morgan fingerprint density at radius 2 is 2.14 bits per heavy atom. The Bertz CT molecular complexity index is 568. The number of aliphatic hydroxyl groups is 1. The molecule has 1 aromatic carbocycles. The van der Waals surface area contributed by atoms with Crippen molar-refractivity contribution in [1.82, 2.24) is 4.90 Å². The van der Waals surface area contributed by atoms with E-state index >= 15 is 0 Å². The van der Waals surface area contributed by atoms with E-state index in [4.69, 9.17) is 22.1 Å². The fourth-order valence-electron chi connectivity index (χ4n) is 2.20. The summed E-state index contributed by atoms with van der Waals surface area (Å²) < 4.78 is 5.36. The van der Waals surface area contributed by atoms with Crippen LogP contribution in [-0.4, -0.2) is 34.2 Å². The second kappa shape index (κ2) is 7.33. The van der Waals surface area contributed by atoms with E-state index in [-0.39, 0.29) is 30.0 Å². The van der Waals surface area contributed by atoms with Crippen LogP contribution >= 0.6 is 12.2 Å². The molecule has 0 radical (unpaired) electrons. The van der Waals surface area contributed by atoms with Crippen LogP contribution in [0.2, 0.25) is 0 Å². The molecule has 4 nitrogen and oxygen atoms in total. The first kappa shape index (κ1) is 15.7. The molecule has 1 N–H and O–H groups in total. The fourth-order valence-corrected chi connectivity index (χ4v) is 2.47. The number of benzene rings is 1. The molecule has 5 heteroatoms. The minimum Gasteiger partial charge on any atom is -0.426 e. The first-order chi connectivity index (χ1) is 10.2. The second-order valence-corrected chi connectivity index (χ2v) is 5.21. The van der Waals surface area contributed by atoms with Crippen molar-refractivity contribution in [1.29, 1.82) is 0 Å². The van der Waals surface area contributed by atoms with Crippen molar-refractivity contribution in [3.8, 4) is 0 Å². The Morgan fingerprint density at radius 1 is 1.38 bits per heavy atom. The summed E-state index contributed by atoms with van der Waals surface area (Å²) in [4.78, 5) is 13.4. The third-order valence-corrected chi connectivity index (χ3v) is 3.64. The Balaban J connectivity index is 2.24. The van der Waals surface area contributed by atoms with Crippen LogP contribution in [0.1, 0.15) is 30.9 Å². The first-order valence-electron chi connectivity index (χ1n) is 7.11. The molecular weight excluding hydrogens is 286 g/mol. The van der Waals surface area contributed by atoms with E-state index in [0.717, 1.165) is 24.8 Å². The average molecular weight is 305 g/mol. The van der Waals surface area contributed by atoms with Crippen molar-refractivity contribution in [2.75, 3.05) is 13.2 Å². The number of hydrogen-bond acceptors (Lipinski definition) is 4. The molecule has 1 aliphatic heterocycles. The molecule has 1 aliphatic rings. The largest absolute Gasteiger partial charge is 0.426 e. The van der Waals surface area contributed by atoms with Gasteiger partial charge in [0.05, 0.1) is 13.2 Å². The lowest BCUT2D eigenvalue weighted by Gasteiger charge is -2.08. The summed E-state index contributed by atoms with van der Waals surface area (Å²) in [6.45, 7) is 2.16. The van der Waals surface area contributed by atoms with E-state index < -0.39 is 0 Å². The number of carbonyl (C=O) groups is 1. The maximum absolute atomic E-state index is 12.2. The number of thiocarbonyl (C=S) groups is 1. The van der Waals surface area contributed by atoms with Crippen molar-refractivity contribution >= 4 is 29.4 Å². The molecule has 0 bridgehead atoms. The minimum absolute atomic E-state index is 0.103. The topological polar surface area (TPSA) is 49.8 Å². The van der Waals surface area contributed by atoms with Crippen LogP contribution in [-0.2, 0) is 16.0 Å². The quantitative estimate of drug-likeness (QED) is 0.648. The van der Waals surface area contributed by atoms with Gasteiger partial charge in [-0.15, -0.1) is 0 Å². The van der Waals surface area contributed by atoms with Gasteiger partial charge in [-0.3, -0.25) is 9.69 Å². The van der Waals surface area contributed by atoms with Crippen molar-refractivity contribution in [2.45, 2.75) is 26.2 Å². The van der Waals surface area contributed by atoms with E-state index in [1.165, 1.54) is 10.5 Å². The van der Waals surface area contributed by atoms with Crippen LogP contribution in [0.4, 0.5) is 0 Å². The Hall–Kier alpha value is -1.72. The predicted molar refractivity (Wildman–Crippen MR) is 85.5 cm³/mol. The van der Waals surface area contributed by atoms with Crippen LogP contribution in [0.3, 0.4) is 0 Å². The smallest absolute Gasteiger partial charge is 0.297 e. The molecule has 1 aromatic rings. The van der Waals surface area contributed by atoms with E-state index in [1.807, 2.05) is 18.2 Å². The third-order valence-electron chi connectivity index (χ3n) is 3.34. The summed E-state index contributed by atoms with van der Waals surface area (Å²) in [7, 11) is 0. The number of rotatable bonds is 6. The minimum atomic E-state index is -0.292. The SMILES string of the molecule is CCCCc1ccccc1/C=C1/OC(=S)N(CCO)C1=O. The van der Waals surface area contributed by atoms with Crippen LogP contribution in [0.5, 0.6) is 0 Å². The number of nitrogens with zero attached hydrogens (tertiary/aromatic N) is 1. The van der Waals surface area contributed by atoms with Crippen molar-refractivity contribution in [3.05, 3.63) is 41.2 Å². The van der Waals surface area contributed by atoms with Crippen LogP contribution < -0.4 is 0 Å². The number of hydrogen-bond donors (Lipinski definition) is 1. The summed E-state index contributed by atoms with van der Waals surface area (Å²) in [5, 5.41) is 9.05. The molecule has 0 saturated carbocycles. The molecule has 0 aliphatic carbocycles. The zero-order chi connectivity index (χ0) is 15.2. The lowest BCUT2D eigenvalue weighted by molar-refractivity contribution is -0.123. The Kier molecular flexibility index (Phi) is 5.47. The van der Waals surface area contributed by atoms with Gasteiger partial charge in [-0.25, -0.2) is 0 Å². The Labute approximate surface area is 130 Å². The number of aryl methyl sites for hydroxylation is 1. The average Bonchev–Trinajstić information content (AvgIpc) is 2.74. The molecule has 112 valence electrons. The summed E-state index contributed by atoms with van der Waals surface area (Å²) in [5.41, 5.74) is 2.16. The Morgan fingerprint density at radius 3 is 2.86 bits per heavy atom. The number of unbranched alkanes of at least 4 members (excludes halogenated alkanes) is 1. The van der Waals surface area contributed by atoms with Gasteiger partial charge in [0.2, 0.25) is 0 Å². The highest BCUT2D eigenvalue weighted by molar-refractivity contribution is 7.80. The maximum Gasteiger partial charge on any atom is 0.297 e. The van der Waals surface area contributed by atoms with Gasteiger partial charge < -0.3 is 9.84 Å². The van der Waals surface area contributed by atoms with Gasteiger partial charge >= 0.3 is 0 Å². The number of ether oxygens (including phenoxy) is 1. The van der Waals surface area contributed by atoms with E-state index in [1.54, 1.807) is 6.08 Å². The normalized spacial score (nSPS) is 16.7. The van der Waals surface area contributed by atoms with E-state index in [2.05, 4.69) is 13.0 Å². The van der Waals surface area contributed by atoms with Crippen LogP contribution in [0.25, 0.3) is 6.08 Å². The predicted octanol–water partition coefficient (Wildman–Crippen LogP) is 2.51. The van der Waals surface area contributed by atoms with Gasteiger partial charge in [-0.2, -0.15) is 0 Å². The van der Waals surface area contributed by atoms with Crippen LogP contribution in [0, 0.1) is 0 Å². The second-order valence-electron chi connectivity index (χ2n) is 4.86. The van der Waals surface area contributed by atoms with Gasteiger partial charge in [0.25, 0.3) is 11.1 Å². The van der Waals surface area contributed by atoms with Crippen molar-refractivity contribution in [2.24, 2.45) is 0 Å². The number of carbonyl (C=O) groups excluding carboxylic acids is 1. The zero-order valence-electron chi connectivity index (χ0n) is 12.0. The number of aliphatic hydroxyl groups excluding tert-OH is 1.